The summed E-state index contributed by atoms with van der Waals surface area (Å²) in [7, 11) is 0. The van der Waals surface area contributed by atoms with Gasteiger partial charge in [-0.2, -0.15) is 0 Å². The van der Waals surface area contributed by atoms with Crippen LogP contribution in [0, 0.1) is 0 Å². The topological polar surface area (TPSA) is 40.9 Å². The highest BCUT2D eigenvalue weighted by molar-refractivity contribution is 5.94. The lowest BCUT2D eigenvalue weighted by Crippen LogP contribution is -2.17. The van der Waals surface area contributed by atoms with E-state index in [1.165, 1.54) is 0 Å². The van der Waals surface area contributed by atoms with Crippen LogP contribution in [0.3, 0.4) is 0 Å². The SMILES string of the molecule is CC(C)(C)c1ccccc1C([NH])=O. The Kier molecular flexibility index (Phi) is 2.41. The number of benzene rings is 1. The van der Waals surface area contributed by atoms with Crippen molar-refractivity contribution in [3.05, 3.63) is 35.4 Å². The largest absolute Gasteiger partial charge is 0.269 e. The van der Waals surface area contributed by atoms with E-state index in [0.717, 1.165) is 5.56 Å². The summed E-state index contributed by atoms with van der Waals surface area (Å²) in [5.74, 6) is -0.606. The van der Waals surface area contributed by atoms with E-state index >= 15 is 0 Å². The third kappa shape index (κ3) is 2.08. The average Bonchev–Trinajstić information content (AvgIpc) is 2.03. The summed E-state index contributed by atoms with van der Waals surface area (Å²) in [6, 6.07) is 7.29. The molecule has 0 aliphatic rings. The predicted octanol–water partition coefficient (Wildman–Crippen LogP) is 2.41. The van der Waals surface area contributed by atoms with Gasteiger partial charge in [0.05, 0.1) is 0 Å². The molecule has 0 aliphatic heterocycles. The van der Waals surface area contributed by atoms with Gasteiger partial charge in [0.1, 0.15) is 0 Å². The van der Waals surface area contributed by atoms with Gasteiger partial charge in [-0.3, -0.25) is 10.5 Å². The van der Waals surface area contributed by atoms with Gasteiger partial charge in [0.2, 0.25) is 0 Å². The second-order valence-corrected chi connectivity index (χ2v) is 4.12. The third-order valence-electron chi connectivity index (χ3n) is 1.98. The molecule has 0 heterocycles. The quantitative estimate of drug-likeness (QED) is 0.647. The Morgan fingerprint density at radius 2 is 1.77 bits per heavy atom. The Labute approximate surface area is 78.8 Å². The van der Waals surface area contributed by atoms with Crippen molar-refractivity contribution >= 4 is 5.91 Å². The summed E-state index contributed by atoms with van der Waals surface area (Å²) in [5, 5.41) is 0. The lowest BCUT2D eigenvalue weighted by atomic mass is 9.83. The smallest absolute Gasteiger partial charge is 0.267 e. The van der Waals surface area contributed by atoms with E-state index < -0.39 is 5.91 Å². The minimum absolute atomic E-state index is 0.0761. The van der Waals surface area contributed by atoms with Gasteiger partial charge >= 0.3 is 0 Å². The molecule has 0 atom stereocenters. The number of carbonyl (C=O) groups excluding carboxylic acids is 1. The maximum atomic E-state index is 11.0. The highest BCUT2D eigenvalue weighted by atomic mass is 16.1. The second kappa shape index (κ2) is 3.21. The number of rotatable bonds is 1. The zero-order valence-corrected chi connectivity index (χ0v) is 8.22. The molecule has 1 amide bonds. The van der Waals surface area contributed by atoms with Crippen molar-refractivity contribution in [2.75, 3.05) is 0 Å². The van der Waals surface area contributed by atoms with Crippen LogP contribution in [0.1, 0.15) is 36.7 Å². The lowest BCUT2D eigenvalue weighted by molar-refractivity contribution is 0.0990. The molecule has 13 heavy (non-hydrogen) atoms. The van der Waals surface area contributed by atoms with E-state index in [0.29, 0.717) is 5.56 Å². The highest BCUT2D eigenvalue weighted by Gasteiger charge is 2.19. The molecule has 0 unspecified atom stereocenters. The molecular weight excluding hydrogens is 162 g/mol. The molecule has 0 bridgehead atoms. The van der Waals surface area contributed by atoms with E-state index in [9.17, 15) is 4.79 Å². The molecule has 2 heteroatoms. The number of hydrogen-bond acceptors (Lipinski definition) is 1. The molecule has 1 N–H and O–H groups in total. The molecular formula is C11H14NO. The van der Waals surface area contributed by atoms with E-state index in [-0.39, 0.29) is 5.41 Å². The van der Waals surface area contributed by atoms with E-state index in [4.69, 9.17) is 5.73 Å². The molecule has 0 aliphatic carbocycles. The summed E-state index contributed by atoms with van der Waals surface area (Å²) in [6.07, 6.45) is 0. The molecule has 1 aromatic rings. The van der Waals surface area contributed by atoms with Gasteiger partial charge in [-0.25, -0.2) is 0 Å². The maximum Gasteiger partial charge on any atom is 0.269 e. The monoisotopic (exact) mass is 176 g/mol. The van der Waals surface area contributed by atoms with Crippen LogP contribution in [0.5, 0.6) is 0 Å². The Morgan fingerprint density at radius 3 is 2.15 bits per heavy atom. The standard InChI is InChI=1S/C11H14NO/c1-11(2,3)9-7-5-4-6-8(9)10(12)13/h4-7,12H,1-3H3. The fourth-order valence-electron chi connectivity index (χ4n) is 1.34. The number of carbonyl (C=O) groups is 1. The first kappa shape index (κ1) is 9.78. The van der Waals surface area contributed by atoms with Gasteiger partial charge in [-0.1, -0.05) is 39.0 Å². The third-order valence-corrected chi connectivity index (χ3v) is 1.98. The van der Waals surface area contributed by atoms with Gasteiger partial charge in [-0.15, -0.1) is 0 Å². The van der Waals surface area contributed by atoms with Crippen LogP contribution in [0.15, 0.2) is 24.3 Å². The van der Waals surface area contributed by atoms with Crippen LogP contribution in [-0.4, -0.2) is 5.91 Å². The zero-order valence-electron chi connectivity index (χ0n) is 8.22. The van der Waals surface area contributed by atoms with Gasteiger partial charge in [0.15, 0.2) is 0 Å². The van der Waals surface area contributed by atoms with Gasteiger partial charge in [-0.05, 0) is 17.0 Å². The predicted molar refractivity (Wildman–Crippen MR) is 52.6 cm³/mol. The van der Waals surface area contributed by atoms with Crippen molar-refractivity contribution in [1.29, 1.82) is 0 Å². The maximum absolute atomic E-state index is 11.0. The van der Waals surface area contributed by atoms with Crippen LogP contribution in [0.2, 0.25) is 0 Å². The molecule has 2 nitrogen and oxygen atoms in total. The van der Waals surface area contributed by atoms with Crippen molar-refractivity contribution in [3.63, 3.8) is 0 Å². The van der Waals surface area contributed by atoms with Gasteiger partial charge < -0.3 is 0 Å². The van der Waals surface area contributed by atoms with Crippen molar-refractivity contribution < 1.29 is 4.79 Å². The van der Waals surface area contributed by atoms with Crippen LogP contribution in [0.25, 0.3) is 0 Å². The molecule has 1 aromatic carbocycles. The minimum Gasteiger partial charge on any atom is -0.267 e. The zero-order chi connectivity index (χ0) is 10.1. The van der Waals surface area contributed by atoms with Crippen LogP contribution in [-0.2, 0) is 5.41 Å². The van der Waals surface area contributed by atoms with Crippen molar-refractivity contribution in [1.82, 2.24) is 5.73 Å². The molecule has 1 radical (unpaired) electrons. The first-order chi connectivity index (χ1) is 5.93. The molecule has 69 valence electrons. The van der Waals surface area contributed by atoms with E-state index in [1.54, 1.807) is 12.1 Å². The minimum atomic E-state index is -0.606. The van der Waals surface area contributed by atoms with Crippen molar-refractivity contribution in [2.24, 2.45) is 0 Å². The normalized spacial score (nSPS) is 11.3. The summed E-state index contributed by atoms with van der Waals surface area (Å²) < 4.78 is 0. The lowest BCUT2D eigenvalue weighted by Gasteiger charge is -2.21. The molecule has 0 fully saturated rings. The summed E-state index contributed by atoms with van der Waals surface area (Å²) >= 11 is 0. The Balaban J connectivity index is 3.28. The number of amides is 1. The summed E-state index contributed by atoms with van der Waals surface area (Å²) in [4.78, 5) is 11.0. The second-order valence-electron chi connectivity index (χ2n) is 4.12. The van der Waals surface area contributed by atoms with Crippen LogP contribution < -0.4 is 5.73 Å². The van der Waals surface area contributed by atoms with Crippen LogP contribution >= 0.6 is 0 Å². The highest BCUT2D eigenvalue weighted by Crippen LogP contribution is 2.25. The molecule has 0 aromatic heterocycles. The fourth-order valence-corrected chi connectivity index (χ4v) is 1.34. The Bertz CT molecular complexity index is 323. The Morgan fingerprint density at radius 1 is 1.23 bits per heavy atom. The molecule has 0 saturated heterocycles. The van der Waals surface area contributed by atoms with Gasteiger partial charge in [0.25, 0.3) is 5.91 Å². The fraction of sp³-hybridized carbons (Fsp3) is 0.364. The molecule has 1 rings (SSSR count). The first-order valence-corrected chi connectivity index (χ1v) is 4.28. The Hall–Kier alpha value is -1.31. The van der Waals surface area contributed by atoms with E-state index in [1.807, 2.05) is 32.9 Å². The summed E-state index contributed by atoms with van der Waals surface area (Å²) in [6.45, 7) is 6.11. The van der Waals surface area contributed by atoms with Crippen molar-refractivity contribution in [3.8, 4) is 0 Å². The van der Waals surface area contributed by atoms with Gasteiger partial charge in [0, 0.05) is 5.56 Å². The summed E-state index contributed by atoms with van der Waals surface area (Å²) in [5.41, 5.74) is 8.47. The van der Waals surface area contributed by atoms with E-state index in [2.05, 4.69) is 0 Å². The molecule has 0 saturated carbocycles. The van der Waals surface area contributed by atoms with Crippen LogP contribution in [0.4, 0.5) is 0 Å². The van der Waals surface area contributed by atoms with Crippen molar-refractivity contribution in [2.45, 2.75) is 26.2 Å². The molecule has 0 spiro atoms. The number of nitrogens with one attached hydrogen (secondary N) is 1. The first-order valence-electron chi connectivity index (χ1n) is 4.28. The number of hydrogen-bond donors (Lipinski definition) is 0. The average molecular weight is 176 g/mol.